The summed E-state index contributed by atoms with van der Waals surface area (Å²) in [6.45, 7) is 2.82. The summed E-state index contributed by atoms with van der Waals surface area (Å²) in [6, 6.07) is 23.5. The number of benzene rings is 3. The molecule has 0 fully saturated rings. The van der Waals surface area contributed by atoms with Gasteiger partial charge < -0.3 is 0 Å². The van der Waals surface area contributed by atoms with Crippen LogP contribution in [-0.4, -0.2) is 18.2 Å². The summed E-state index contributed by atoms with van der Waals surface area (Å²) in [5.74, 6) is -0.288. The Bertz CT molecular complexity index is 1210. The summed E-state index contributed by atoms with van der Waals surface area (Å²) >= 11 is 12.7. The van der Waals surface area contributed by atoms with Crippen LogP contribution in [-0.2, 0) is 11.2 Å². The minimum atomic E-state index is -0.188. The molecule has 2 aliphatic heterocycles. The van der Waals surface area contributed by atoms with Gasteiger partial charge in [-0.15, -0.1) is 0 Å². The minimum Gasteiger partial charge on any atom is -0.285 e. The first-order chi connectivity index (χ1) is 16.1. The zero-order chi connectivity index (χ0) is 22.9. The second kappa shape index (κ2) is 9.08. The monoisotopic (exact) mass is 478 g/mol. The molecule has 5 nitrogen and oxygen atoms in total. The predicted octanol–water partition coefficient (Wildman–Crippen LogP) is 6.03. The molecule has 0 saturated carbocycles. The van der Waals surface area contributed by atoms with Crippen molar-refractivity contribution in [2.75, 3.05) is 16.6 Å². The van der Waals surface area contributed by atoms with E-state index in [0.29, 0.717) is 15.8 Å². The van der Waals surface area contributed by atoms with Gasteiger partial charge in [0.25, 0.3) is 5.91 Å². The van der Waals surface area contributed by atoms with Crippen molar-refractivity contribution in [2.24, 2.45) is 11.0 Å². The van der Waals surface area contributed by atoms with E-state index in [2.05, 4.69) is 30.5 Å². The lowest BCUT2D eigenvalue weighted by molar-refractivity contribution is -0.115. The number of fused-ring (bicyclic) bond motifs is 1. The van der Waals surface area contributed by atoms with E-state index in [1.54, 1.807) is 12.1 Å². The zero-order valence-corrected chi connectivity index (χ0v) is 19.7. The van der Waals surface area contributed by atoms with Crippen LogP contribution >= 0.6 is 23.2 Å². The Kier molecular flexibility index (Phi) is 6.00. The Balaban J connectivity index is 1.51. The molecule has 2 aliphatic rings. The molecule has 0 spiro atoms. The van der Waals surface area contributed by atoms with E-state index < -0.39 is 0 Å². The maximum Gasteiger partial charge on any atom is 0.286 e. The van der Waals surface area contributed by atoms with Crippen LogP contribution in [0.2, 0.25) is 10.0 Å². The Morgan fingerprint density at radius 2 is 1.79 bits per heavy atom. The van der Waals surface area contributed by atoms with Crippen LogP contribution < -0.4 is 15.4 Å². The highest BCUT2D eigenvalue weighted by atomic mass is 35.5. The predicted molar refractivity (Wildman–Crippen MR) is 135 cm³/mol. The highest BCUT2D eigenvalue weighted by molar-refractivity contribution is 6.41. The third kappa shape index (κ3) is 4.07. The van der Waals surface area contributed by atoms with Crippen molar-refractivity contribution in [2.45, 2.75) is 25.8 Å². The third-order valence-corrected chi connectivity index (χ3v) is 6.84. The molecule has 2 atom stereocenters. The highest BCUT2D eigenvalue weighted by Crippen LogP contribution is 2.43. The number of carbonyl (C=O) groups is 1. The number of halogens is 2. The summed E-state index contributed by atoms with van der Waals surface area (Å²) in [4.78, 5) is 13.5. The van der Waals surface area contributed by atoms with Crippen molar-refractivity contribution in [1.29, 1.82) is 0 Å². The van der Waals surface area contributed by atoms with E-state index in [1.807, 2.05) is 52.5 Å². The van der Waals surface area contributed by atoms with Gasteiger partial charge in [0.1, 0.15) is 5.71 Å². The average molecular weight is 479 g/mol. The number of nitrogens with one attached hydrogen (secondary N) is 1. The largest absolute Gasteiger partial charge is 0.286 e. The molecule has 0 bridgehead atoms. The second-order valence-electron chi connectivity index (χ2n) is 8.27. The standard InChI is InChI=1S/C26H24Cl2N4O/c1-2-20-24(26(33)30-31-15-14-17-8-6-7-11-22(17)31)29-32(23-13-12-19(27)16-21(23)28)25(20)18-9-4-3-5-10-18/h3-13,16,20,25H,2,14-15H2,1H3,(H,30,33). The summed E-state index contributed by atoms with van der Waals surface area (Å²) in [7, 11) is 0. The Labute approximate surface area is 203 Å². The fraction of sp³-hybridized carbons (Fsp3) is 0.231. The Morgan fingerprint density at radius 1 is 1.03 bits per heavy atom. The van der Waals surface area contributed by atoms with Gasteiger partial charge in [0, 0.05) is 17.5 Å². The van der Waals surface area contributed by atoms with Gasteiger partial charge in [0.15, 0.2) is 0 Å². The van der Waals surface area contributed by atoms with Crippen molar-refractivity contribution in [3.05, 3.63) is 94.0 Å². The first-order valence-corrected chi connectivity index (χ1v) is 11.9. The van der Waals surface area contributed by atoms with E-state index in [1.165, 1.54) is 5.56 Å². The van der Waals surface area contributed by atoms with Crippen LogP contribution in [0.25, 0.3) is 0 Å². The molecule has 3 aromatic rings. The van der Waals surface area contributed by atoms with Crippen LogP contribution in [0.4, 0.5) is 11.4 Å². The molecule has 33 heavy (non-hydrogen) atoms. The normalized spacial score (nSPS) is 19.4. The lowest BCUT2D eigenvalue weighted by Crippen LogP contribution is -2.46. The van der Waals surface area contributed by atoms with Crippen molar-refractivity contribution < 1.29 is 4.79 Å². The molecule has 5 rings (SSSR count). The molecule has 3 aromatic carbocycles. The van der Waals surface area contributed by atoms with Gasteiger partial charge in [0.2, 0.25) is 0 Å². The van der Waals surface area contributed by atoms with Gasteiger partial charge in [-0.1, -0.05) is 78.7 Å². The summed E-state index contributed by atoms with van der Waals surface area (Å²) in [5.41, 5.74) is 7.66. The van der Waals surface area contributed by atoms with Gasteiger partial charge in [0.05, 0.1) is 22.4 Å². The molecule has 7 heteroatoms. The van der Waals surface area contributed by atoms with Crippen LogP contribution in [0.5, 0.6) is 0 Å². The van der Waals surface area contributed by atoms with Crippen molar-refractivity contribution in [3.8, 4) is 0 Å². The smallest absolute Gasteiger partial charge is 0.285 e. The van der Waals surface area contributed by atoms with Crippen LogP contribution in [0.15, 0.2) is 77.9 Å². The van der Waals surface area contributed by atoms with Crippen LogP contribution in [0.3, 0.4) is 0 Å². The topological polar surface area (TPSA) is 47.9 Å². The number of carbonyl (C=O) groups excluding carboxylic acids is 1. The molecule has 0 saturated heterocycles. The van der Waals surface area contributed by atoms with E-state index >= 15 is 0 Å². The molecule has 168 valence electrons. The lowest BCUT2D eigenvalue weighted by atomic mass is 9.87. The van der Waals surface area contributed by atoms with Gasteiger partial charge in [-0.3, -0.25) is 20.2 Å². The number of anilines is 2. The van der Waals surface area contributed by atoms with Crippen molar-refractivity contribution >= 4 is 46.2 Å². The molecule has 0 radical (unpaired) electrons. The molecule has 2 unspecified atom stereocenters. The zero-order valence-electron chi connectivity index (χ0n) is 18.2. The fourth-order valence-corrected chi connectivity index (χ4v) is 5.23. The lowest BCUT2D eigenvalue weighted by Gasteiger charge is -2.29. The van der Waals surface area contributed by atoms with Gasteiger partial charge in [-0.05, 0) is 48.2 Å². The van der Waals surface area contributed by atoms with Crippen molar-refractivity contribution in [3.63, 3.8) is 0 Å². The van der Waals surface area contributed by atoms with E-state index in [4.69, 9.17) is 28.3 Å². The number of hydrogen-bond donors (Lipinski definition) is 1. The molecular formula is C26H24Cl2N4O. The quantitative estimate of drug-likeness (QED) is 0.486. The molecule has 1 amide bonds. The van der Waals surface area contributed by atoms with Gasteiger partial charge in [-0.25, -0.2) is 0 Å². The summed E-state index contributed by atoms with van der Waals surface area (Å²) in [5, 5.41) is 9.68. The average Bonchev–Trinajstić information content (AvgIpc) is 3.41. The Hall–Kier alpha value is -3.02. The molecule has 2 heterocycles. The van der Waals surface area contributed by atoms with Crippen molar-refractivity contribution in [1.82, 2.24) is 5.43 Å². The Morgan fingerprint density at radius 3 is 2.55 bits per heavy atom. The molecule has 0 aromatic heterocycles. The minimum absolute atomic E-state index is 0.100. The number of hydrazone groups is 1. The number of hydrazine groups is 1. The van der Waals surface area contributed by atoms with Crippen LogP contribution in [0.1, 0.15) is 30.5 Å². The number of hydrogen-bond acceptors (Lipinski definition) is 4. The SMILES string of the molecule is CCC1C(C(=O)NN2CCc3ccccc32)=NN(c2ccc(Cl)cc2Cl)C1c1ccccc1. The fourth-order valence-electron chi connectivity index (χ4n) is 4.73. The van der Waals surface area contributed by atoms with E-state index in [9.17, 15) is 4.79 Å². The number of amides is 1. The first kappa shape index (κ1) is 21.8. The first-order valence-electron chi connectivity index (χ1n) is 11.1. The van der Waals surface area contributed by atoms with Gasteiger partial charge >= 0.3 is 0 Å². The summed E-state index contributed by atoms with van der Waals surface area (Å²) in [6.07, 6.45) is 1.66. The maximum absolute atomic E-state index is 13.5. The maximum atomic E-state index is 13.5. The second-order valence-corrected chi connectivity index (χ2v) is 9.11. The number of para-hydroxylation sites is 1. The van der Waals surface area contributed by atoms with E-state index in [-0.39, 0.29) is 17.9 Å². The summed E-state index contributed by atoms with van der Waals surface area (Å²) < 4.78 is 0. The molecular weight excluding hydrogens is 455 g/mol. The van der Waals surface area contributed by atoms with E-state index in [0.717, 1.165) is 36.3 Å². The number of rotatable bonds is 5. The molecule has 0 aliphatic carbocycles. The van der Waals surface area contributed by atoms with Crippen LogP contribution in [0, 0.1) is 5.92 Å². The molecule has 1 N–H and O–H groups in total. The number of nitrogens with zero attached hydrogens (tertiary/aromatic N) is 3. The van der Waals surface area contributed by atoms with Gasteiger partial charge in [-0.2, -0.15) is 5.10 Å². The third-order valence-electron chi connectivity index (χ3n) is 6.31. The highest BCUT2D eigenvalue weighted by Gasteiger charge is 2.42.